The summed E-state index contributed by atoms with van der Waals surface area (Å²) in [5.74, 6) is -0.509. The van der Waals surface area contributed by atoms with Crippen LogP contribution in [0.4, 0.5) is 18.9 Å². The first-order valence-electron chi connectivity index (χ1n) is 8.10. The molecule has 1 atom stereocenters. The van der Waals surface area contributed by atoms with Gasteiger partial charge in [0.2, 0.25) is 5.60 Å². The van der Waals surface area contributed by atoms with E-state index < -0.39 is 24.0 Å². The van der Waals surface area contributed by atoms with Gasteiger partial charge in [-0.2, -0.15) is 13.2 Å². The van der Waals surface area contributed by atoms with E-state index in [4.69, 9.17) is 5.73 Å². The lowest BCUT2D eigenvalue weighted by atomic mass is 9.98. The van der Waals surface area contributed by atoms with E-state index in [-0.39, 0.29) is 12.5 Å². The fourth-order valence-electron chi connectivity index (χ4n) is 2.54. The fourth-order valence-corrected chi connectivity index (χ4v) is 2.54. The van der Waals surface area contributed by atoms with Crippen molar-refractivity contribution >= 4 is 11.6 Å². The fraction of sp³-hybridized carbons (Fsp3) is 0.412. The normalized spacial score (nSPS) is 14.9. The topological polar surface area (TPSA) is 88.5 Å². The van der Waals surface area contributed by atoms with E-state index in [1.54, 1.807) is 6.07 Å². The standard InChI is InChI=1S/C17H22F3N5O/c1-3-12-5-4-6-13(11-12)24-15(21)23-8-7-16(26,17(18,19)20)14-22-9-10-25(14)2/h4-6,9-11,26H,3,7-8H2,1-2H3,(H3,21,23,24). The number of rotatable bonds is 6. The Balaban J connectivity index is 2.09. The molecule has 4 N–H and O–H groups in total. The summed E-state index contributed by atoms with van der Waals surface area (Å²) >= 11 is 0. The van der Waals surface area contributed by atoms with Crippen molar-refractivity contribution in [3.63, 3.8) is 0 Å². The number of hydrogen-bond donors (Lipinski definition) is 3. The van der Waals surface area contributed by atoms with Crippen LogP contribution in [-0.2, 0) is 19.1 Å². The van der Waals surface area contributed by atoms with Gasteiger partial charge in [-0.1, -0.05) is 19.1 Å². The summed E-state index contributed by atoms with van der Waals surface area (Å²) in [6.45, 7) is 1.68. The molecule has 1 aromatic carbocycles. The van der Waals surface area contributed by atoms with Crippen LogP contribution in [0.3, 0.4) is 0 Å². The number of alkyl halides is 3. The van der Waals surface area contributed by atoms with Gasteiger partial charge in [0.05, 0.1) is 0 Å². The highest BCUT2D eigenvalue weighted by molar-refractivity contribution is 5.92. The molecule has 2 rings (SSSR count). The molecular weight excluding hydrogens is 347 g/mol. The average Bonchev–Trinajstić information content (AvgIpc) is 3.00. The zero-order chi connectivity index (χ0) is 19.4. The molecule has 0 saturated heterocycles. The van der Waals surface area contributed by atoms with E-state index in [1.165, 1.54) is 19.4 Å². The second-order valence-electron chi connectivity index (χ2n) is 5.92. The number of halogens is 3. The number of aliphatic hydroxyl groups is 1. The molecule has 0 radical (unpaired) electrons. The number of nitrogens with zero attached hydrogens (tertiary/aromatic N) is 3. The Morgan fingerprint density at radius 3 is 2.69 bits per heavy atom. The van der Waals surface area contributed by atoms with Crippen molar-refractivity contribution in [3.05, 3.63) is 48.0 Å². The summed E-state index contributed by atoms with van der Waals surface area (Å²) in [5, 5.41) is 13.1. The summed E-state index contributed by atoms with van der Waals surface area (Å²) in [4.78, 5) is 7.54. The summed E-state index contributed by atoms with van der Waals surface area (Å²) in [7, 11) is 1.39. The molecule has 1 unspecified atom stereocenters. The molecule has 1 aromatic heterocycles. The van der Waals surface area contributed by atoms with Crippen molar-refractivity contribution in [2.75, 3.05) is 11.9 Å². The van der Waals surface area contributed by atoms with Crippen molar-refractivity contribution < 1.29 is 18.3 Å². The predicted molar refractivity (Wildman–Crippen MR) is 93.7 cm³/mol. The van der Waals surface area contributed by atoms with E-state index in [1.807, 2.05) is 25.1 Å². The number of hydrogen-bond acceptors (Lipinski definition) is 3. The molecule has 0 aliphatic rings. The van der Waals surface area contributed by atoms with Crippen LogP contribution in [0.15, 0.2) is 41.7 Å². The molecule has 142 valence electrons. The first-order valence-corrected chi connectivity index (χ1v) is 8.10. The van der Waals surface area contributed by atoms with Gasteiger partial charge < -0.3 is 20.7 Å². The molecule has 0 aliphatic heterocycles. The largest absolute Gasteiger partial charge is 0.424 e. The van der Waals surface area contributed by atoms with Crippen molar-refractivity contribution in [3.8, 4) is 0 Å². The van der Waals surface area contributed by atoms with E-state index in [0.717, 1.165) is 16.6 Å². The van der Waals surface area contributed by atoms with Gasteiger partial charge in [-0.05, 0) is 24.1 Å². The van der Waals surface area contributed by atoms with Crippen LogP contribution in [-0.4, -0.2) is 33.3 Å². The summed E-state index contributed by atoms with van der Waals surface area (Å²) in [6.07, 6.45) is -2.20. The van der Waals surface area contributed by atoms with Crippen molar-refractivity contribution in [1.82, 2.24) is 9.55 Å². The summed E-state index contributed by atoms with van der Waals surface area (Å²) in [6, 6.07) is 7.45. The molecule has 9 heteroatoms. The van der Waals surface area contributed by atoms with E-state index in [0.29, 0.717) is 5.69 Å². The molecule has 0 bridgehead atoms. The lowest BCUT2D eigenvalue weighted by Gasteiger charge is -2.29. The van der Waals surface area contributed by atoms with Crippen LogP contribution in [0.5, 0.6) is 0 Å². The van der Waals surface area contributed by atoms with Crippen LogP contribution in [0.2, 0.25) is 0 Å². The first-order chi connectivity index (χ1) is 12.2. The van der Waals surface area contributed by atoms with Crippen molar-refractivity contribution in [1.29, 1.82) is 0 Å². The molecule has 0 aliphatic carbocycles. The molecule has 26 heavy (non-hydrogen) atoms. The van der Waals surface area contributed by atoms with Gasteiger partial charge in [-0.3, -0.25) is 4.99 Å². The molecule has 6 nitrogen and oxygen atoms in total. The summed E-state index contributed by atoms with van der Waals surface area (Å²) in [5.41, 5.74) is 4.42. The zero-order valence-electron chi connectivity index (χ0n) is 14.6. The number of aliphatic imine (C=N–C) groups is 1. The van der Waals surface area contributed by atoms with Gasteiger partial charge in [0, 0.05) is 38.1 Å². The molecule has 0 fully saturated rings. The maximum Gasteiger partial charge on any atom is 0.424 e. The number of guanidine groups is 1. The lowest BCUT2D eigenvalue weighted by molar-refractivity contribution is -0.272. The van der Waals surface area contributed by atoms with Crippen LogP contribution in [0.25, 0.3) is 0 Å². The second kappa shape index (κ2) is 7.77. The Morgan fingerprint density at radius 2 is 2.12 bits per heavy atom. The predicted octanol–water partition coefficient (Wildman–Crippen LogP) is 2.55. The van der Waals surface area contributed by atoms with E-state index in [2.05, 4.69) is 15.3 Å². The van der Waals surface area contributed by atoms with E-state index in [9.17, 15) is 18.3 Å². The lowest BCUT2D eigenvalue weighted by Crippen LogP contribution is -2.45. The van der Waals surface area contributed by atoms with Gasteiger partial charge in [0.1, 0.15) is 5.82 Å². The minimum atomic E-state index is -4.89. The number of nitrogens with two attached hydrogens (primary N) is 1. The smallest absolute Gasteiger partial charge is 0.374 e. The second-order valence-corrected chi connectivity index (χ2v) is 5.92. The van der Waals surface area contributed by atoms with Crippen LogP contribution < -0.4 is 11.1 Å². The van der Waals surface area contributed by atoms with Crippen LogP contribution >= 0.6 is 0 Å². The number of aromatic nitrogens is 2. The minimum absolute atomic E-state index is 0.0254. The third-order valence-electron chi connectivity index (χ3n) is 4.02. The number of imidazole rings is 1. The minimum Gasteiger partial charge on any atom is -0.374 e. The zero-order valence-corrected chi connectivity index (χ0v) is 14.6. The van der Waals surface area contributed by atoms with Gasteiger partial charge >= 0.3 is 6.18 Å². The molecule has 0 saturated carbocycles. The van der Waals surface area contributed by atoms with Gasteiger partial charge in [-0.15, -0.1) is 0 Å². The monoisotopic (exact) mass is 369 g/mol. The number of anilines is 1. The van der Waals surface area contributed by atoms with Crippen molar-refractivity contribution in [2.24, 2.45) is 17.8 Å². The van der Waals surface area contributed by atoms with Crippen LogP contribution in [0, 0.1) is 0 Å². The number of nitrogens with one attached hydrogen (secondary N) is 1. The van der Waals surface area contributed by atoms with E-state index >= 15 is 0 Å². The third-order valence-corrected chi connectivity index (χ3v) is 4.02. The maximum absolute atomic E-state index is 13.4. The number of aryl methyl sites for hydroxylation is 2. The maximum atomic E-state index is 13.4. The Kier molecular flexibility index (Phi) is 5.91. The quantitative estimate of drug-likeness (QED) is 0.539. The molecule has 2 aromatic rings. The van der Waals surface area contributed by atoms with Gasteiger partial charge in [0.25, 0.3) is 0 Å². The highest BCUT2D eigenvalue weighted by Gasteiger charge is 2.57. The molecule has 1 heterocycles. The van der Waals surface area contributed by atoms with Crippen LogP contribution in [0.1, 0.15) is 24.7 Å². The Hall–Kier alpha value is -2.55. The van der Waals surface area contributed by atoms with Gasteiger partial charge in [0.15, 0.2) is 5.96 Å². The third kappa shape index (κ3) is 4.34. The number of benzene rings is 1. The highest BCUT2D eigenvalue weighted by atomic mass is 19.4. The molecule has 0 spiro atoms. The first kappa shape index (κ1) is 19.8. The molecule has 0 amide bonds. The van der Waals surface area contributed by atoms with Crippen molar-refractivity contribution in [2.45, 2.75) is 31.5 Å². The Labute approximate surface area is 149 Å². The SMILES string of the molecule is CCc1cccc(NC(N)=NCCC(O)(c2nccn2C)C(F)(F)F)c1. The molecular formula is C17H22F3N5O. The highest BCUT2D eigenvalue weighted by Crippen LogP contribution is 2.40. The Bertz CT molecular complexity index is 772. The average molecular weight is 369 g/mol. The van der Waals surface area contributed by atoms with Gasteiger partial charge in [-0.25, -0.2) is 4.98 Å². The Morgan fingerprint density at radius 1 is 1.38 bits per heavy atom. The summed E-state index contributed by atoms with van der Waals surface area (Å²) < 4.78 is 41.3.